The molecule has 0 unspecified atom stereocenters. The van der Waals surface area contributed by atoms with Gasteiger partial charge in [0, 0.05) is 17.6 Å². The molecule has 0 aliphatic heterocycles. The summed E-state index contributed by atoms with van der Waals surface area (Å²) in [7, 11) is -4.68. The van der Waals surface area contributed by atoms with Crippen molar-refractivity contribution in [2.45, 2.75) is 32.7 Å². The molecule has 0 spiro atoms. The van der Waals surface area contributed by atoms with Gasteiger partial charge in [-0.3, -0.25) is 10.4 Å². The summed E-state index contributed by atoms with van der Waals surface area (Å²) in [5.41, 5.74) is 1.20. The predicted octanol–water partition coefficient (Wildman–Crippen LogP) is 2.12. The molecule has 12 nitrogen and oxygen atoms in total. The number of sulfonamides is 1. The van der Waals surface area contributed by atoms with E-state index in [0.29, 0.717) is 21.3 Å². The third kappa shape index (κ3) is 4.56. The number of nitrogens with one attached hydrogen (secondary N) is 2. The van der Waals surface area contributed by atoms with E-state index in [1.807, 2.05) is 0 Å². The van der Waals surface area contributed by atoms with Crippen LogP contribution in [0.25, 0.3) is 0 Å². The van der Waals surface area contributed by atoms with Gasteiger partial charge < -0.3 is 4.74 Å². The van der Waals surface area contributed by atoms with Crippen LogP contribution in [0, 0.1) is 20.8 Å². The molecule has 0 radical (unpaired) electrons. The Morgan fingerprint density at radius 1 is 1.19 bits per heavy atom. The molecule has 0 saturated carbocycles. The van der Waals surface area contributed by atoms with Gasteiger partial charge in [0.15, 0.2) is 10.8 Å². The molecule has 2 amide bonds. The lowest BCUT2D eigenvalue weighted by molar-refractivity contribution is 0.0522. The largest absolute Gasteiger partial charge is 0.462 e. The zero-order valence-electron chi connectivity index (χ0n) is 17.8. The average molecular weight is 459 g/mol. The number of nitrogens with zero attached hydrogens (tertiary/aromatic N) is 5. The van der Waals surface area contributed by atoms with Crippen LogP contribution in [0.5, 0.6) is 0 Å². The van der Waals surface area contributed by atoms with Gasteiger partial charge in [-0.15, -0.1) is 0 Å². The van der Waals surface area contributed by atoms with E-state index in [2.05, 4.69) is 30.5 Å². The number of carbonyl (C=O) groups excluding carboxylic acids is 2. The Balaban J connectivity index is 2.12. The number of anilines is 2. The Morgan fingerprint density at radius 2 is 1.88 bits per heavy atom. The van der Waals surface area contributed by atoms with Crippen LogP contribution in [-0.4, -0.2) is 52.2 Å². The van der Waals surface area contributed by atoms with Crippen molar-refractivity contribution in [1.82, 2.24) is 25.1 Å². The molecule has 0 aliphatic carbocycles. The van der Waals surface area contributed by atoms with E-state index in [1.54, 1.807) is 45.9 Å². The number of carbonyl (C=O) groups is 2. The molecule has 3 aromatic rings. The van der Waals surface area contributed by atoms with Crippen LogP contribution in [0.3, 0.4) is 0 Å². The van der Waals surface area contributed by atoms with E-state index in [1.165, 1.54) is 6.20 Å². The number of pyridine rings is 1. The van der Waals surface area contributed by atoms with Gasteiger partial charge in [-0.25, -0.2) is 24.5 Å². The summed E-state index contributed by atoms with van der Waals surface area (Å²) in [5.74, 6) is -1.16. The number of hydrogen-bond donors (Lipinski definition) is 2. The molecule has 0 bridgehead atoms. The van der Waals surface area contributed by atoms with E-state index in [0.717, 1.165) is 6.20 Å². The summed E-state index contributed by atoms with van der Waals surface area (Å²) in [5, 5.41) is 7.69. The van der Waals surface area contributed by atoms with Crippen LogP contribution >= 0.6 is 0 Å². The number of amides is 2. The van der Waals surface area contributed by atoms with Crippen LogP contribution in [-0.2, 0) is 14.8 Å². The maximum absolute atomic E-state index is 13.5. The number of ether oxygens (including phenoxy) is 1. The molecule has 0 atom stereocenters. The van der Waals surface area contributed by atoms with Crippen LogP contribution in [0.2, 0.25) is 0 Å². The highest BCUT2D eigenvalue weighted by atomic mass is 32.2. The van der Waals surface area contributed by atoms with Crippen molar-refractivity contribution in [3.8, 4) is 0 Å². The van der Waals surface area contributed by atoms with Crippen molar-refractivity contribution in [2.75, 3.05) is 16.2 Å². The molecule has 3 aromatic heterocycles. The van der Waals surface area contributed by atoms with Gasteiger partial charge in [-0.1, -0.05) is 6.07 Å². The first-order valence-corrected chi connectivity index (χ1v) is 10.9. The quantitative estimate of drug-likeness (QED) is 0.526. The molecule has 13 heteroatoms. The maximum atomic E-state index is 13.5. The summed E-state index contributed by atoms with van der Waals surface area (Å²) in [6.45, 7) is 6.60. The van der Waals surface area contributed by atoms with Crippen LogP contribution in [0.15, 0.2) is 35.6 Å². The minimum Gasteiger partial charge on any atom is -0.462 e. The Labute approximate surface area is 184 Å². The number of aromatic amines is 1. The SMILES string of the molecule is CCOC(=O)c1cn[nH]c1S(=O)(=O)N(C(=O)Nc1nc(C)cc(C)n1)c1ncccc1C. The summed E-state index contributed by atoms with van der Waals surface area (Å²) >= 11 is 0. The third-order valence-corrected chi connectivity index (χ3v) is 5.80. The van der Waals surface area contributed by atoms with E-state index in [9.17, 15) is 18.0 Å². The normalized spacial score (nSPS) is 11.1. The number of H-pyrrole nitrogens is 1. The first kappa shape index (κ1) is 22.8. The Kier molecular flexibility index (Phi) is 6.48. The molecule has 168 valence electrons. The molecule has 2 N–H and O–H groups in total. The van der Waals surface area contributed by atoms with Gasteiger partial charge in [0.2, 0.25) is 5.95 Å². The van der Waals surface area contributed by atoms with E-state index >= 15 is 0 Å². The predicted molar refractivity (Wildman–Crippen MR) is 114 cm³/mol. The van der Waals surface area contributed by atoms with Crippen molar-refractivity contribution in [3.63, 3.8) is 0 Å². The van der Waals surface area contributed by atoms with Gasteiger partial charge >= 0.3 is 12.0 Å². The smallest absolute Gasteiger partial charge is 0.344 e. The number of rotatable bonds is 6. The highest BCUT2D eigenvalue weighted by molar-refractivity contribution is 7.93. The molecule has 0 aliphatic rings. The Bertz CT molecular complexity index is 1250. The Hall–Kier alpha value is -3.87. The van der Waals surface area contributed by atoms with Crippen molar-refractivity contribution in [1.29, 1.82) is 0 Å². The highest BCUT2D eigenvalue weighted by Crippen LogP contribution is 2.26. The van der Waals surface area contributed by atoms with Gasteiger partial charge in [0.05, 0.1) is 12.8 Å². The first-order chi connectivity index (χ1) is 15.1. The fourth-order valence-electron chi connectivity index (χ4n) is 2.85. The second-order valence-electron chi connectivity index (χ2n) is 6.65. The van der Waals surface area contributed by atoms with Crippen molar-refractivity contribution >= 4 is 33.8 Å². The molecule has 0 aromatic carbocycles. The first-order valence-electron chi connectivity index (χ1n) is 9.45. The second kappa shape index (κ2) is 9.09. The minimum absolute atomic E-state index is 0.0249. The molecule has 0 fully saturated rings. The fourth-order valence-corrected chi connectivity index (χ4v) is 4.30. The summed E-state index contributed by atoms with van der Waals surface area (Å²) in [6, 6.07) is 3.78. The standard InChI is InChI=1S/C19H21N7O5S/c1-5-31-17(27)14-10-21-25-16(14)32(29,30)26(15-11(2)7-6-8-20-15)19(28)24-18-22-12(3)9-13(4)23-18/h6-10H,5H2,1-4H3,(H,21,25)(H,22,23,24,28). The number of aromatic nitrogens is 5. The maximum Gasteiger partial charge on any atom is 0.344 e. The molecular weight excluding hydrogens is 438 g/mol. The van der Waals surface area contributed by atoms with E-state index in [4.69, 9.17) is 4.74 Å². The van der Waals surface area contributed by atoms with Gasteiger partial charge in [-0.05, 0) is 45.4 Å². The second-order valence-corrected chi connectivity index (χ2v) is 8.37. The zero-order valence-corrected chi connectivity index (χ0v) is 18.6. The Morgan fingerprint density at radius 3 is 2.50 bits per heavy atom. The van der Waals surface area contributed by atoms with Gasteiger partial charge in [0.25, 0.3) is 10.0 Å². The summed E-state index contributed by atoms with van der Waals surface area (Å²) < 4.78 is 32.4. The van der Waals surface area contributed by atoms with Crippen LogP contribution < -0.4 is 9.62 Å². The lowest BCUT2D eigenvalue weighted by Crippen LogP contribution is -2.42. The topological polar surface area (TPSA) is 160 Å². The van der Waals surface area contributed by atoms with Gasteiger partial charge in [0.1, 0.15) is 5.56 Å². The fraction of sp³-hybridized carbons (Fsp3) is 0.263. The number of urea groups is 1. The molecule has 3 rings (SSSR count). The molecule has 32 heavy (non-hydrogen) atoms. The van der Waals surface area contributed by atoms with E-state index in [-0.39, 0.29) is 23.9 Å². The van der Waals surface area contributed by atoms with Crippen molar-refractivity contribution in [2.24, 2.45) is 0 Å². The minimum atomic E-state index is -4.68. The third-order valence-electron chi connectivity index (χ3n) is 4.16. The van der Waals surface area contributed by atoms with Crippen molar-refractivity contribution in [3.05, 3.63) is 53.1 Å². The average Bonchev–Trinajstić information content (AvgIpc) is 3.20. The molecule has 3 heterocycles. The lowest BCUT2D eigenvalue weighted by Gasteiger charge is -2.22. The van der Waals surface area contributed by atoms with Crippen LogP contribution in [0.1, 0.15) is 34.2 Å². The highest BCUT2D eigenvalue weighted by Gasteiger charge is 2.38. The lowest BCUT2D eigenvalue weighted by atomic mass is 10.3. The number of hydrogen-bond acceptors (Lipinski definition) is 9. The zero-order chi connectivity index (χ0) is 23.5. The number of aryl methyl sites for hydroxylation is 3. The number of esters is 1. The molecule has 0 saturated heterocycles. The summed E-state index contributed by atoms with van der Waals surface area (Å²) in [4.78, 5) is 37.7. The van der Waals surface area contributed by atoms with Gasteiger partial charge in [-0.2, -0.15) is 17.8 Å². The van der Waals surface area contributed by atoms with Crippen molar-refractivity contribution < 1.29 is 22.7 Å². The van der Waals surface area contributed by atoms with Crippen LogP contribution in [0.4, 0.5) is 16.6 Å². The van der Waals surface area contributed by atoms with E-state index < -0.39 is 27.0 Å². The summed E-state index contributed by atoms with van der Waals surface area (Å²) in [6.07, 6.45) is 2.35. The molecular formula is C19H21N7O5S. The monoisotopic (exact) mass is 459 g/mol.